The van der Waals surface area contributed by atoms with Crippen LogP contribution in [-0.4, -0.2) is 29.4 Å². The van der Waals surface area contributed by atoms with E-state index in [9.17, 15) is 18.1 Å². The summed E-state index contributed by atoms with van der Waals surface area (Å²) in [5.74, 6) is 0. The first-order valence-electron chi connectivity index (χ1n) is 11.5. The summed E-state index contributed by atoms with van der Waals surface area (Å²) in [5.41, 5.74) is 0. The second-order valence-corrected chi connectivity index (χ2v) is 9.83. The molecule has 0 amide bonds. The van der Waals surface area contributed by atoms with Gasteiger partial charge >= 0.3 is 29.6 Å². The van der Waals surface area contributed by atoms with Gasteiger partial charge in [0.05, 0.1) is 21.5 Å². The molecule has 0 aromatic heterocycles. The van der Waals surface area contributed by atoms with Crippen LogP contribution in [0.4, 0.5) is 0 Å². The van der Waals surface area contributed by atoms with Gasteiger partial charge in [0.15, 0.2) is 0 Å². The van der Waals surface area contributed by atoms with Crippen LogP contribution in [0.15, 0.2) is 0 Å². The molecule has 28 heavy (non-hydrogen) atoms. The molecule has 4 nitrogen and oxygen atoms in total. The van der Waals surface area contributed by atoms with Crippen molar-refractivity contribution in [2.24, 2.45) is 0 Å². The molecule has 0 saturated heterocycles. The Hall–Kier alpha value is 0.870. The van der Waals surface area contributed by atoms with Crippen molar-refractivity contribution in [3.63, 3.8) is 0 Å². The zero-order valence-corrected chi connectivity index (χ0v) is 21.8. The molecule has 0 saturated carbocycles. The summed E-state index contributed by atoms with van der Waals surface area (Å²) in [6, 6.07) is 0. The van der Waals surface area contributed by atoms with Crippen LogP contribution in [0.25, 0.3) is 0 Å². The Balaban J connectivity index is 0. The molecule has 0 heterocycles. The van der Waals surface area contributed by atoms with E-state index in [1.165, 1.54) is 70.6 Å². The maximum atomic E-state index is 11.4. The third kappa shape index (κ3) is 20.2. The molecule has 0 aromatic rings. The number of aliphatic hydroxyl groups is 1. The standard InChI is InChI=1S/C22H46O4S.Na/c1-3-5-6-7-8-9-10-11-12-13-14-15-16-17-19-22(27(24,25)26)20-21(23)18-4-2;/h21-23H,3-20H2,1-2H3,(H,24,25,26);/q;+1/p-1. The Bertz CT molecular complexity index is 415. The molecule has 0 aromatic carbocycles. The van der Waals surface area contributed by atoms with Gasteiger partial charge in [-0.1, -0.05) is 110 Å². The van der Waals surface area contributed by atoms with Gasteiger partial charge in [-0.2, -0.15) is 0 Å². The van der Waals surface area contributed by atoms with E-state index >= 15 is 0 Å². The average Bonchev–Trinajstić information content (AvgIpc) is 2.60. The predicted molar refractivity (Wildman–Crippen MR) is 114 cm³/mol. The first-order chi connectivity index (χ1) is 12.9. The molecule has 0 aliphatic rings. The monoisotopic (exact) mass is 428 g/mol. The van der Waals surface area contributed by atoms with Gasteiger partial charge in [-0.05, 0) is 19.3 Å². The molecule has 2 unspecified atom stereocenters. The number of hydrogen-bond donors (Lipinski definition) is 1. The van der Waals surface area contributed by atoms with Gasteiger partial charge in [0.2, 0.25) is 0 Å². The smallest absolute Gasteiger partial charge is 0.748 e. The Morgan fingerprint density at radius 2 is 1.07 bits per heavy atom. The third-order valence-corrected chi connectivity index (χ3v) is 6.69. The number of rotatable bonds is 20. The molecule has 0 rings (SSSR count). The second kappa shape index (κ2) is 21.1. The average molecular weight is 429 g/mol. The fourth-order valence-corrected chi connectivity index (χ4v) is 4.61. The van der Waals surface area contributed by atoms with E-state index in [0.29, 0.717) is 12.8 Å². The molecule has 6 heteroatoms. The molecule has 1 N–H and O–H groups in total. The summed E-state index contributed by atoms with van der Waals surface area (Å²) in [6.45, 7) is 4.19. The van der Waals surface area contributed by atoms with Gasteiger partial charge in [-0.15, -0.1) is 0 Å². The summed E-state index contributed by atoms with van der Waals surface area (Å²) >= 11 is 0. The zero-order valence-electron chi connectivity index (χ0n) is 19.0. The second-order valence-electron chi connectivity index (χ2n) is 8.18. The van der Waals surface area contributed by atoms with Crippen LogP contribution in [-0.2, 0) is 10.1 Å². The van der Waals surface area contributed by atoms with Crippen molar-refractivity contribution >= 4 is 10.1 Å². The number of hydrogen-bond acceptors (Lipinski definition) is 4. The van der Waals surface area contributed by atoms with Gasteiger partial charge in [-0.3, -0.25) is 0 Å². The SMILES string of the molecule is CCCCCCCCCCCCCCCCC(CC(O)CCC)S(=O)(=O)[O-].[Na+]. The first-order valence-corrected chi connectivity index (χ1v) is 13.0. The molecule has 0 radical (unpaired) electrons. The van der Waals surface area contributed by atoms with E-state index in [2.05, 4.69) is 6.92 Å². The first kappa shape index (κ1) is 31.1. The van der Waals surface area contributed by atoms with Crippen LogP contribution in [0.2, 0.25) is 0 Å². The quantitative estimate of drug-likeness (QED) is 0.183. The minimum absolute atomic E-state index is 0. The van der Waals surface area contributed by atoms with E-state index in [1.54, 1.807) is 0 Å². The van der Waals surface area contributed by atoms with E-state index in [-0.39, 0.29) is 36.0 Å². The minimum Gasteiger partial charge on any atom is -0.748 e. The summed E-state index contributed by atoms with van der Waals surface area (Å²) in [6.07, 6.45) is 18.7. The predicted octanol–water partition coefficient (Wildman–Crippen LogP) is 3.33. The van der Waals surface area contributed by atoms with Crippen molar-refractivity contribution in [2.75, 3.05) is 0 Å². The van der Waals surface area contributed by atoms with Crippen molar-refractivity contribution in [1.29, 1.82) is 0 Å². The maximum Gasteiger partial charge on any atom is 1.00 e. The summed E-state index contributed by atoms with van der Waals surface area (Å²) < 4.78 is 34.1. The van der Waals surface area contributed by atoms with Gasteiger partial charge in [0.25, 0.3) is 0 Å². The van der Waals surface area contributed by atoms with Crippen LogP contribution in [0.5, 0.6) is 0 Å². The van der Waals surface area contributed by atoms with Crippen molar-refractivity contribution in [1.82, 2.24) is 0 Å². The Morgan fingerprint density at radius 3 is 1.43 bits per heavy atom. The van der Waals surface area contributed by atoms with Gasteiger partial charge in [0, 0.05) is 0 Å². The number of aliphatic hydroxyl groups excluding tert-OH is 1. The van der Waals surface area contributed by atoms with E-state index < -0.39 is 21.5 Å². The third-order valence-electron chi connectivity index (χ3n) is 5.44. The van der Waals surface area contributed by atoms with Crippen LogP contribution >= 0.6 is 0 Å². The molecule has 0 aliphatic carbocycles. The Labute approximate surface area is 197 Å². The largest absolute Gasteiger partial charge is 1.00 e. The Morgan fingerprint density at radius 1 is 0.679 bits per heavy atom. The summed E-state index contributed by atoms with van der Waals surface area (Å²) in [5, 5.41) is 8.87. The molecule has 164 valence electrons. The van der Waals surface area contributed by atoms with Gasteiger partial charge < -0.3 is 9.66 Å². The molecule has 0 bridgehead atoms. The molecule has 0 fully saturated rings. The van der Waals surface area contributed by atoms with E-state index in [1.807, 2.05) is 6.92 Å². The molecule has 0 spiro atoms. The molecular weight excluding hydrogens is 383 g/mol. The number of unbranched alkanes of at least 4 members (excludes halogenated alkanes) is 13. The fourth-order valence-electron chi connectivity index (χ4n) is 3.70. The van der Waals surface area contributed by atoms with Crippen molar-refractivity contribution in [2.45, 2.75) is 141 Å². The minimum atomic E-state index is -4.31. The van der Waals surface area contributed by atoms with E-state index in [0.717, 1.165) is 25.7 Å². The van der Waals surface area contributed by atoms with Crippen molar-refractivity contribution < 1.29 is 47.6 Å². The maximum absolute atomic E-state index is 11.4. The van der Waals surface area contributed by atoms with Gasteiger partial charge in [0.1, 0.15) is 0 Å². The molecule has 2 atom stereocenters. The van der Waals surface area contributed by atoms with Crippen molar-refractivity contribution in [3.8, 4) is 0 Å². The molecule has 0 aliphatic heterocycles. The van der Waals surface area contributed by atoms with E-state index in [4.69, 9.17) is 0 Å². The van der Waals surface area contributed by atoms with Crippen LogP contribution < -0.4 is 29.6 Å². The zero-order chi connectivity index (χ0) is 20.4. The van der Waals surface area contributed by atoms with Crippen LogP contribution in [0.3, 0.4) is 0 Å². The summed E-state index contributed by atoms with van der Waals surface area (Å²) in [4.78, 5) is 0. The summed E-state index contributed by atoms with van der Waals surface area (Å²) in [7, 11) is -4.31. The molecular formula is C22H45NaO4S. The van der Waals surface area contributed by atoms with Crippen molar-refractivity contribution in [3.05, 3.63) is 0 Å². The topological polar surface area (TPSA) is 77.4 Å². The fraction of sp³-hybridized carbons (Fsp3) is 1.00. The normalized spacial score (nSPS) is 13.9. The Kier molecular flexibility index (Phi) is 23.4. The van der Waals surface area contributed by atoms with Crippen LogP contribution in [0.1, 0.15) is 129 Å². The van der Waals surface area contributed by atoms with Crippen LogP contribution in [0, 0.1) is 0 Å². The van der Waals surface area contributed by atoms with Gasteiger partial charge in [-0.25, -0.2) is 8.42 Å².